The first-order valence-corrected chi connectivity index (χ1v) is 11.0. The molecule has 0 N–H and O–H groups in total. The molecule has 1 heterocycles. The molecule has 1 amide bonds. The second-order valence-corrected chi connectivity index (χ2v) is 8.74. The van der Waals surface area contributed by atoms with Gasteiger partial charge in [-0.25, -0.2) is 0 Å². The predicted octanol–water partition coefficient (Wildman–Crippen LogP) is 4.34. The zero-order valence-electron chi connectivity index (χ0n) is 15.0. The summed E-state index contributed by atoms with van der Waals surface area (Å²) in [5.74, 6) is 0.939. The lowest BCUT2D eigenvalue weighted by Crippen LogP contribution is -2.36. The predicted molar refractivity (Wildman–Crippen MR) is 114 cm³/mol. The van der Waals surface area contributed by atoms with Gasteiger partial charge in [-0.05, 0) is 30.7 Å². The minimum Gasteiger partial charge on any atom is -0.309 e. The van der Waals surface area contributed by atoms with Crippen molar-refractivity contribution in [3.8, 4) is 0 Å². The van der Waals surface area contributed by atoms with Gasteiger partial charge in [0.05, 0.1) is 11.4 Å². The van der Waals surface area contributed by atoms with Crippen LogP contribution in [0.1, 0.15) is 24.5 Å². The van der Waals surface area contributed by atoms with Gasteiger partial charge in [0.25, 0.3) is 0 Å². The summed E-state index contributed by atoms with van der Waals surface area (Å²) in [4.78, 5) is 18.9. The third kappa shape index (κ3) is 4.60. The monoisotopic (exact) mass is 422 g/mol. The summed E-state index contributed by atoms with van der Waals surface area (Å²) in [6.45, 7) is 2.38. The van der Waals surface area contributed by atoms with Crippen LogP contribution in [0.25, 0.3) is 0 Å². The Morgan fingerprint density at radius 3 is 2.63 bits per heavy atom. The maximum absolute atomic E-state index is 12.7. The summed E-state index contributed by atoms with van der Waals surface area (Å²) in [7, 11) is -0.950. The molecule has 0 fully saturated rings. The van der Waals surface area contributed by atoms with Crippen molar-refractivity contribution in [2.24, 2.45) is 4.99 Å². The van der Waals surface area contributed by atoms with Crippen LogP contribution in [0.3, 0.4) is 0 Å². The molecule has 7 heteroatoms. The molecule has 0 aromatic heterocycles. The number of amides is 1. The van der Waals surface area contributed by atoms with Crippen molar-refractivity contribution < 1.29 is 9.00 Å². The van der Waals surface area contributed by atoms with Crippen molar-refractivity contribution in [2.75, 3.05) is 29.5 Å². The van der Waals surface area contributed by atoms with E-state index in [4.69, 9.17) is 23.2 Å². The molecule has 0 radical (unpaired) electrons. The van der Waals surface area contributed by atoms with Gasteiger partial charge >= 0.3 is 0 Å². The van der Waals surface area contributed by atoms with E-state index in [-0.39, 0.29) is 12.5 Å². The average molecular weight is 423 g/mol. The van der Waals surface area contributed by atoms with E-state index in [9.17, 15) is 9.00 Å². The number of carbonyl (C=O) groups excluding carboxylic acids is 1. The summed E-state index contributed by atoms with van der Waals surface area (Å²) >= 11 is 12.6. The number of hydrogen-bond acceptors (Lipinski definition) is 3. The molecular formula is C20H20Cl2N2O2S. The largest absolute Gasteiger partial charge is 0.309 e. The number of halogens is 2. The summed E-state index contributed by atoms with van der Waals surface area (Å²) in [6, 6.07) is 12.8. The molecule has 1 atom stereocenters. The molecule has 0 saturated carbocycles. The van der Waals surface area contributed by atoms with Gasteiger partial charge in [-0.15, -0.1) is 0 Å². The van der Waals surface area contributed by atoms with Crippen LogP contribution in [-0.4, -0.2) is 40.4 Å². The van der Waals surface area contributed by atoms with Crippen LogP contribution in [0.5, 0.6) is 0 Å². The van der Waals surface area contributed by atoms with Gasteiger partial charge < -0.3 is 4.90 Å². The Bertz CT molecular complexity index is 915. The van der Waals surface area contributed by atoms with Crippen molar-refractivity contribution >= 4 is 51.3 Å². The Kier molecular flexibility index (Phi) is 6.68. The number of rotatable bonds is 6. The number of fused-ring (bicyclic) bond motifs is 1. The molecule has 27 heavy (non-hydrogen) atoms. The first-order valence-electron chi connectivity index (χ1n) is 8.76. The van der Waals surface area contributed by atoms with Crippen molar-refractivity contribution in [2.45, 2.75) is 13.3 Å². The highest BCUT2D eigenvalue weighted by Crippen LogP contribution is 2.31. The Labute approximate surface area is 171 Å². The van der Waals surface area contributed by atoms with Crippen LogP contribution < -0.4 is 4.90 Å². The molecular weight excluding hydrogens is 403 g/mol. The van der Waals surface area contributed by atoms with Crippen molar-refractivity contribution in [3.05, 3.63) is 63.6 Å². The molecule has 4 nitrogen and oxygen atoms in total. The van der Waals surface area contributed by atoms with Gasteiger partial charge in [0.1, 0.15) is 6.54 Å². The van der Waals surface area contributed by atoms with Crippen LogP contribution in [0, 0.1) is 0 Å². The SMILES string of the molecule is CCCS(=O)CCN1C(=O)CN=C(c2ccccc2Cl)c2cc(Cl)ccc21. The standard InChI is InChI=1S/C20H20Cl2N2O2S/c1-2-10-27(26)11-9-24-18-8-7-14(21)12-16(18)20(23-13-19(24)25)15-5-3-4-6-17(15)22/h3-8,12H,2,9-11,13H2,1H3. The Morgan fingerprint density at radius 2 is 1.89 bits per heavy atom. The topological polar surface area (TPSA) is 49.7 Å². The first kappa shape index (κ1) is 20.1. The van der Waals surface area contributed by atoms with Crippen molar-refractivity contribution in [1.29, 1.82) is 0 Å². The zero-order valence-corrected chi connectivity index (χ0v) is 17.3. The quantitative estimate of drug-likeness (QED) is 0.694. The van der Waals surface area contributed by atoms with Gasteiger partial charge in [-0.3, -0.25) is 14.0 Å². The molecule has 2 aromatic carbocycles. The summed E-state index contributed by atoms with van der Waals surface area (Å²) < 4.78 is 12.1. The molecule has 0 bridgehead atoms. The number of carbonyl (C=O) groups is 1. The highest BCUT2D eigenvalue weighted by atomic mass is 35.5. The van der Waals surface area contributed by atoms with Crippen LogP contribution in [0.4, 0.5) is 5.69 Å². The van der Waals surface area contributed by atoms with Gasteiger partial charge in [-0.1, -0.05) is 48.3 Å². The fourth-order valence-corrected chi connectivity index (χ4v) is 4.48. The molecule has 0 aliphatic carbocycles. The second-order valence-electron chi connectivity index (χ2n) is 6.20. The minimum absolute atomic E-state index is 0.00721. The molecule has 3 rings (SSSR count). The lowest BCUT2D eigenvalue weighted by molar-refractivity contribution is -0.117. The van der Waals surface area contributed by atoms with Gasteiger partial charge in [0, 0.05) is 50.0 Å². The lowest BCUT2D eigenvalue weighted by Gasteiger charge is -2.23. The number of benzene rings is 2. The van der Waals surface area contributed by atoms with Crippen molar-refractivity contribution in [1.82, 2.24) is 0 Å². The molecule has 142 valence electrons. The highest BCUT2D eigenvalue weighted by molar-refractivity contribution is 7.85. The maximum atomic E-state index is 12.7. The van der Waals surface area contributed by atoms with E-state index in [1.54, 1.807) is 23.1 Å². The van der Waals surface area contributed by atoms with E-state index >= 15 is 0 Å². The third-order valence-electron chi connectivity index (χ3n) is 4.28. The summed E-state index contributed by atoms with van der Waals surface area (Å²) in [5, 5.41) is 1.12. The van der Waals surface area contributed by atoms with Crippen molar-refractivity contribution in [3.63, 3.8) is 0 Å². The number of benzodiazepines with no additional fused rings is 1. The molecule has 0 saturated heterocycles. The highest BCUT2D eigenvalue weighted by Gasteiger charge is 2.26. The van der Waals surface area contributed by atoms with E-state index in [0.29, 0.717) is 39.5 Å². The molecule has 1 unspecified atom stereocenters. The number of anilines is 1. The molecule has 0 spiro atoms. The number of nitrogens with zero attached hydrogens (tertiary/aromatic N) is 2. The lowest BCUT2D eigenvalue weighted by atomic mass is 10.00. The van der Waals surface area contributed by atoms with E-state index < -0.39 is 10.8 Å². The molecule has 1 aliphatic rings. The summed E-state index contributed by atoms with van der Waals surface area (Å²) in [5.41, 5.74) is 2.87. The van der Waals surface area contributed by atoms with Crippen LogP contribution in [0.15, 0.2) is 47.5 Å². The van der Waals surface area contributed by atoms with Crippen LogP contribution in [0.2, 0.25) is 10.0 Å². The van der Waals surface area contributed by atoms with E-state index in [1.165, 1.54) is 0 Å². The molecule has 1 aliphatic heterocycles. The minimum atomic E-state index is -0.950. The molecule has 2 aromatic rings. The van der Waals surface area contributed by atoms with Gasteiger partial charge in [0.15, 0.2) is 0 Å². The van der Waals surface area contributed by atoms with E-state index in [2.05, 4.69) is 4.99 Å². The third-order valence-corrected chi connectivity index (χ3v) is 6.35. The zero-order chi connectivity index (χ0) is 19.4. The average Bonchev–Trinajstić information content (AvgIpc) is 2.77. The van der Waals surface area contributed by atoms with Crippen LogP contribution in [-0.2, 0) is 15.6 Å². The van der Waals surface area contributed by atoms with Gasteiger partial charge in [-0.2, -0.15) is 0 Å². The van der Waals surface area contributed by atoms with Gasteiger partial charge in [0.2, 0.25) is 5.91 Å². The van der Waals surface area contributed by atoms with E-state index in [1.807, 2.05) is 31.2 Å². The Balaban J connectivity index is 2.03. The fraction of sp³-hybridized carbons (Fsp3) is 0.300. The second kappa shape index (κ2) is 9.00. The smallest absolute Gasteiger partial charge is 0.248 e. The van der Waals surface area contributed by atoms with E-state index in [0.717, 1.165) is 17.5 Å². The number of hydrogen-bond donors (Lipinski definition) is 0. The van der Waals surface area contributed by atoms with Crippen LogP contribution >= 0.6 is 23.2 Å². The fourth-order valence-electron chi connectivity index (χ4n) is 3.04. The maximum Gasteiger partial charge on any atom is 0.248 e. The summed E-state index contributed by atoms with van der Waals surface area (Å²) in [6.07, 6.45) is 0.854. The first-order chi connectivity index (χ1) is 13.0. The Morgan fingerprint density at radius 1 is 1.11 bits per heavy atom. The number of aliphatic imine (C=N–C) groups is 1. The Hall–Kier alpha value is -1.69. The normalized spacial score (nSPS) is 15.1.